The van der Waals surface area contributed by atoms with Gasteiger partial charge in [0.2, 0.25) is 15.9 Å². The molecule has 3 N–H and O–H groups in total. The number of carbonyl (C=O) groups excluding carboxylic acids is 1. The van der Waals surface area contributed by atoms with E-state index in [1.165, 1.54) is 23.4 Å². The zero-order valence-electron chi connectivity index (χ0n) is 23.4. The average Bonchev–Trinajstić information content (AvgIpc) is 2.86. The Morgan fingerprint density at radius 2 is 1.72 bits per heavy atom. The molecular formula is C29H41F2N3O4S. The first-order valence-corrected chi connectivity index (χ1v) is 15.0. The first kappa shape index (κ1) is 31.1. The van der Waals surface area contributed by atoms with E-state index in [2.05, 4.69) is 43.5 Å². The van der Waals surface area contributed by atoms with E-state index in [0.717, 1.165) is 17.2 Å². The van der Waals surface area contributed by atoms with Gasteiger partial charge in [0.25, 0.3) is 0 Å². The van der Waals surface area contributed by atoms with Crippen molar-refractivity contribution in [1.29, 1.82) is 0 Å². The molecule has 39 heavy (non-hydrogen) atoms. The summed E-state index contributed by atoms with van der Waals surface area (Å²) in [6.07, 6.45) is -0.0641. The molecular weight excluding hydrogens is 524 g/mol. The Bertz CT molecular complexity index is 1240. The van der Waals surface area contributed by atoms with E-state index in [1.54, 1.807) is 6.92 Å². The molecule has 1 amide bonds. The van der Waals surface area contributed by atoms with E-state index >= 15 is 0 Å². The second-order valence-corrected chi connectivity index (χ2v) is 13.7. The maximum absolute atomic E-state index is 13.8. The number of benzene rings is 2. The number of halogens is 2. The Morgan fingerprint density at radius 1 is 1.10 bits per heavy atom. The number of nitrogens with one attached hydrogen (secondary N) is 2. The summed E-state index contributed by atoms with van der Waals surface area (Å²) in [5.41, 5.74) is 1.73. The maximum atomic E-state index is 13.8. The zero-order chi connectivity index (χ0) is 29.0. The fourth-order valence-electron chi connectivity index (χ4n) is 5.15. The van der Waals surface area contributed by atoms with Gasteiger partial charge in [-0.2, -0.15) is 0 Å². The quantitative estimate of drug-likeness (QED) is 0.409. The largest absolute Gasteiger partial charge is 0.390 e. The van der Waals surface area contributed by atoms with Crippen molar-refractivity contribution in [2.24, 2.45) is 0 Å². The number of nitrogens with zero attached hydrogens (tertiary/aromatic N) is 1. The maximum Gasteiger partial charge on any atom is 0.217 e. The molecule has 0 unspecified atom stereocenters. The van der Waals surface area contributed by atoms with Gasteiger partial charge in [-0.25, -0.2) is 21.5 Å². The summed E-state index contributed by atoms with van der Waals surface area (Å²) in [7, 11) is -3.34. The van der Waals surface area contributed by atoms with Crippen LogP contribution in [-0.2, 0) is 32.2 Å². The molecule has 0 bridgehead atoms. The fourth-order valence-corrected chi connectivity index (χ4v) is 6.25. The summed E-state index contributed by atoms with van der Waals surface area (Å²) >= 11 is 0. The third-order valence-electron chi connectivity index (χ3n) is 7.50. The second kappa shape index (κ2) is 12.4. The second-order valence-electron chi connectivity index (χ2n) is 11.4. The van der Waals surface area contributed by atoms with Gasteiger partial charge in [0.05, 0.1) is 17.9 Å². The minimum Gasteiger partial charge on any atom is -0.390 e. The van der Waals surface area contributed by atoms with E-state index in [9.17, 15) is 27.1 Å². The van der Waals surface area contributed by atoms with Gasteiger partial charge in [0.15, 0.2) is 0 Å². The first-order valence-electron chi connectivity index (χ1n) is 13.4. The van der Waals surface area contributed by atoms with Crippen molar-refractivity contribution < 1.29 is 27.1 Å². The molecule has 1 aliphatic heterocycles. The van der Waals surface area contributed by atoms with E-state index in [0.29, 0.717) is 31.5 Å². The Morgan fingerprint density at radius 3 is 2.26 bits per heavy atom. The van der Waals surface area contributed by atoms with Gasteiger partial charge in [0.1, 0.15) is 11.6 Å². The van der Waals surface area contributed by atoms with Gasteiger partial charge in [-0.1, -0.05) is 45.0 Å². The summed E-state index contributed by atoms with van der Waals surface area (Å²) in [4.78, 5) is 11.9. The van der Waals surface area contributed by atoms with E-state index < -0.39 is 39.3 Å². The predicted octanol–water partition coefficient (Wildman–Crippen LogP) is 3.60. The minimum atomic E-state index is -3.34. The summed E-state index contributed by atoms with van der Waals surface area (Å²) in [5, 5.41) is 17.4. The van der Waals surface area contributed by atoms with Crippen molar-refractivity contribution in [2.45, 2.75) is 77.0 Å². The molecule has 0 aliphatic carbocycles. The van der Waals surface area contributed by atoms with Crippen molar-refractivity contribution in [3.05, 3.63) is 70.8 Å². The Balaban J connectivity index is 1.88. The summed E-state index contributed by atoms with van der Waals surface area (Å²) in [6, 6.07) is 10.5. The SMILES string of the molecule is CCS(=O)(=O)N1CCC(NC[C@H](O)[C@H](Cc2cc(F)cc(F)c2)NC(C)=O)(c2cccc(C(C)(C)C)c2)CC1. The smallest absolute Gasteiger partial charge is 0.217 e. The average molecular weight is 566 g/mol. The molecule has 2 aromatic rings. The lowest BCUT2D eigenvalue weighted by Crippen LogP contribution is -2.56. The normalized spacial score (nSPS) is 17.9. The number of amides is 1. The zero-order valence-corrected chi connectivity index (χ0v) is 24.2. The van der Waals surface area contributed by atoms with Gasteiger partial charge >= 0.3 is 0 Å². The van der Waals surface area contributed by atoms with Gasteiger partial charge in [-0.15, -0.1) is 0 Å². The van der Waals surface area contributed by atoms with Crippen LogP contribution in [-0.4, -0.2) is 61.3 Å². The highest BCUT2D eigenvalue weighted by Gasteiger charge is 2.40. The molecule has 3 rings (SSSR count). The van der Waals surface area contributed by atoms with Crippen LogP contribution >= 0.6 is 0 Å². The number of carbonyl (C=O) groups is 1. The van der Waals surface area contributed by atoms with Crippen LogP contribution in [0, 0.1) is 11.6 Å². The van der Waals surface area contributed by atoms with Crippen LogP contribution in [0.15, 0.2) is 42.5 Å². The molecule has 7 nitrogen and oxygen atoms in total. The summed E-state index contributed by atoms with van der Waals surface area (Å²) < 4.78 is 54.1. The predicted molar refractivity (Wildman–Crippen MR) is 149 cm³/mol. The Kier molecular flexibility index (Phi) is 9.91. The molecule has 0 radical (unpaired) electrons. The lowest BCUT2D eigenvalue weighted by molar-refractivity contribution is -0.120. The van der Waals surface area contributed by atoms with E-state index in [1.807, 2.05) is 12.1 Å². The number of hydrogen-bond acceptors (Lipinski definition) is 5. The third kappa shape index (κ3) is 8.06. The molecule has 216 valence electrons. The number of hydrogen-bond donors (Lipinski definition) is 3. The Hall–Kier alpha value is -2.40. The highest BCUT2D eigenvalue weighted by molar-refractivity contribution is 7.89. The van der Waals surface area contributed by atoms with Crippen molar-refractivity contribution >= 4 is 15.9 Å². The van der Waals surface area contributed by atoms with Crippen LogP contribution in [0.4, 0.5) is 8.78 Å². The van der Waals surface area contributed by atoms with Gasteiger partial charge < -0.3 is 15.7 Å². The number of aliphatic hydroxyl groups is 1. The lowest BCUT2D eigenvalue weighted by atomic mass is 9.78. The minimum absolute atomic E-state index is 0.0325. The van der Waals surface area contributed by atoms with Gasteiger partial charge in [0, 0.05) is 38.2 Å². The van der Waals surface area contributed by atoms with Gasteiger partial charge in [-0.3, -0.25) is 4.79 Å². The molecule has 0 aromatic heterocycles. The number of piperidine rings is 1. The number of sulfonamides is 1. The molecule has 1 aliphatic rings. The third-order valence-corrected chi connectivity index (χ3v) is 9.38. The van der Waals surface area contributed by atoms with Crippen molar-refractivity contribution in [3.63, 3.8) is 0 Å². The summed E-state index contributed by atoms with van der Waals surface area (Å²) in [6.45, 7) is 10.1. The lowest BCUT2D eigenvalue weighted by Gasteiger charge is -2.43. The standard InChI is InChI=1S/C29H41F2N3O4S/c1-6-39(37,38)34-12-10-29(11-13-34,23-9-7-8-22(17-23)28(3,4)5)32-19-27(36)26(33-20(2)35)16-21-14-24(30)18-25(31)15-21/h7-9,14-15,17-18,26-27,32,36H,6,10-13,16,19H2,1-5H3,(H,33,35)/t26-,27-/m0/s1. The summed E-state index contributed by atoms with van der Waals surface area (Å²) in [5.74, 6) is -1.80. The molecule has 0 spiro atoms. The molecule has 0 saturated carbocycles. The molecule has 1 heterocycles. The van der Waals surface area contributed by atoms with Crippen molar-refractivity contribution in [2.75, 3.05) is 25.4 Å². The van der Waals surface area contributed by atoms with Gasteiger partial charge in [-0.05, 0) is 60.4 Å². The molecule has 1 saturated heterocycles. The molecule has 1 fully saturated rings. The first-order chi connectivity index (χ1) is 18.1. The monoisotopic (exact) mass is 565 g/mol. The van der Waals surface area contributed by atoms with Crippen LogP contribution in [0.25, 0.3) is 0 Å². The molecule has 10 heteroatoms. The van der Waals surface area contributed by atoms with Crippen LogP contribution in [0.1, 0.15) is 64.2 Å². The number of aliphatic hydroxyl groups excluding tert-OH is 1. The highest BCUT2D eigenvalue weighted by atomic mass is 32.2. The van der Waals surface area contributed by atoms with E-state index in [4.69, 9.17) is 0 Å². The highest BCUT2D eigenvalue weighted by Crippen LogP contribution is 2.36. The van der Waals surface area contributed by atoms with Crippen molar-refractivity contribution in [3.8, 4) is 0 Å². The van der Waals surface area contributed by atoms with Crippen molar-refractivity contribution in [1.82, 2.24) is 14.9 Å². The van der Waals surface area contributed by atoms with Crippen LogP contribution in [0.5, 0.6) is 0 Å². The molecule has 2 atom stereocenters. The van der Waals surface area contributed by atoms with Crippen LogP contribution < -0.4 is 10.6 Å². The fraction of sp³-hybridized carbons (Fsp3) is 0.552. The van der Waals surface area contributed by atoms with E-state index in [-0.39, 0.29) is 30.0 Å². The Labute approximate surface area is 231 Å². The van der Waals surface area contributed by atoms with Crippen LogP contribution in [0.3, 0.4) is 0 Å². The topological polar surface area (TPSA) is 98.7 Å². The van der Waals surface area contributed by atoms with Crippen LogP contribution in [0.2, 0.25) is 0 Å². The number of rotatable bonds is 10. The molecule has 2 aromatic carbocycles.